The molecule has 110 valence electrons. The molecule has 1 saturated heterocycles. The lowest BCUT2D eigenvalue weighted by Gasteiger charge is -2.25. The molecule has 1 N–H and O–H groups in total. The molecular weight excluding hydrogens is 283 g/mol. The zero-order valence-corrected chi connectivity index (χ0v) is 12.0. The van der Waals surface area contributed by atoms with E-state index >= 15 is 0 Å². The molecule has 20 heavy (non-hydrogen) atoms. The molecule has 0 spiro atoms. The monoisotopic (exact) mass is 300 g/mol. The van der Waals surface area contributed by atoms with Gasteiger partial charge in [0.2, 0.25) is 5.91 Å². The van der Waals surface area contributed by atoms with Crippen LogP contribution in [-0.2, 0) is 14.6 Å². The van der Waals surface area contributed by atoms with Gasteiger partial charge in [-0.25, -0.2) is 12.8 Å². The van der Waals surface area contributed by atoms with E-state index in [2.05, 4.69) is 5.32 Å². The molecule has 0 bridgehead atoms. The van der Waals surface area contributed by atoms with Gasteiger partial charge in [-0.1, -0.05) is 12.1 Å². The first-order chi connectivity index (χ1) is 9.39. The molecule has 1 aromatic carbocycles. The van der Waals surface area contributed by atoms with Gasteiger partial charge in [0.15, 0.2) is 9.84 Å². The molecule has 1 aliphatic heterocycles. The quantitative estimate of drug-likeness (QED) is 0.886. The number of amides is 1. The number of nitrogens with one attached hydrogen (secondary N) is 1. The largest absolute Gasteiger partial charge is 0.313 e. The van der Waals surface area contributed by atoms with Crippen LogP contribution in [0.25, 0.3) is 0 Å². The van der Waals surface area contributed by atoms with Crippen molar-refractivity contribution in [1.82, 2.24) is 5.32 Å². The maximum Gasteiger partial charge on any atom is 0.228 e. The third-order valence-corrected chi connectivity index (χ3v) is 5.05. The highest BCUT2D eigenvalue weighted by Gasteiger charge is 2.27. The first-order valence-corrected chi connectivity index (χ1v) is 8.16. The fourth-order valence-electron chi connectivity index (χ4n) is 2.20. The maximum atomic E-state index is 13.6. The summed E-state index contributed by atoms with van der Waals surface area (Å²) in [5.41, 5.74) is 0.191. The van der Waals surface area contributed by atoms with E-state index in [1.54, 1.807) is 12.1 Å². The molecule has 0 saturated carbocycles. The summed E-state index contributed by atoms with van der Waals surface area (Å²) in [6, 6.07) is 5.58. The molecule has 0 radical (unpaired) electrons. The van der Waals surface area contributed by atoms with E-state index in [1.807, 2.05) is 0 Å². The second-order valence-electron chi connectivity index (χ2n) is 4.87. The summed E-state index contributed by atoms with van der Waals surface area (Å²) < 4.78 is 36.6. The Hall–Kier alpha value is -1.47. The van der Waals surface area contributed by atoms with Gasteiger partial charge in [0, 0.05) is 26.1 Å². The second-order valence-corrected chi connectivity index (χ2v) is 7.10. The summed E-state index contributed by atoms with van der Waals surface area (Å²) >= 11 is 0. The Morgan fingerprint density at radius 2 is 2.15 bits per heavy atom. The van der Waals surface area contributed by atoms with E-state index in [4.69, 9.17) is 0 Å². The Morgan fingerprint density at radius 1 is 1.45 bits per heavy atom. The summed E-state index contributed by atoms with van der Waals surface area (Å²) in [5.74, 6) is -0.748. The standard InChI is InChI=1S/C13H17FN2O3S/c1-16(12-5-3-2-4-11(12)14)13(17)8-10-9-20(18,19)7-6-15-10/h2-5,10,15H,6-9H2,1H3. The number of nitrogens with zero attached hydrogens (tertiary/aromatic N) is 1. The highest BCUT2D eigenvalue weighted by molar-refractivity contribution is 7.91. The molecule has 1 fully saturated rings. The van der Waals surface area contributed by atoms with Gasteiger partial charge in [0.05, 0.1) is 17.2 Å². The van der Waals surface area contributed by atoms with Gasteiger partial charge >= 0.3 is 0 Å². The van der Waals surface area contributed by atoms with Crippen molar-refractivity contribution in [2.45, 2.75) is 12.5 Å². The van der Waals surface area contributed by atoms with E-state index < -0.39 is 21.7 Å². The van der Waals surface area contributed by atoms with Crippen LogP contribution in [0.4, 0.5) is 10.1 Å². The normalized spacial score (nSPS) is 21.4. The first-order valence-electron chi connectivity index (χ1n) is 6.34. The number of anilines is 1. The van der Waals surface area contributed by atoms with E-state index in [0.29, 0.717) is 6.54 Å². The minimum atomic E-state index is -3.08. The average Bonchev–Trinajstić information content (AvgIpc) is 2.37. The number of rotatable bonds is 3. The van der Waals surface area contributed by atoms with Crippen LogP contribution in [0.15, 0.2) is 24.3 Å². The molecule has 1 unspecified atom stereocenters. The van der Waals surface area contributed by atoms with Crippen molar-refractivity contribution in [1.29, 1.82) is 0 Å². The third kappa shape index (κ3) is 3.55. The van der Waals surface area contributed by atoms with Crippen molar-refractivity contribution < 1.29 is 17.6 Å². The van der Waals surface area contributed by atoms with Crippen LogP contribution in [0, 0.1) is 5.82 Å². The molecule has 1 atom stereocenters. The SMILES string of the molecule is CN(C(=O)CC1CS(=O)(=O)CCN1)c1ccccc1F. The van der Waals surface area contributed by atoms with Crippen LogP contribution in [-0.4, -0.2) is 45.5 Å². The molecule has 2 rings (SSSR count). The van der Waals surface area contributed by atoms with Gasteiger partial charge in [-0.2, -0.15) is 0 Å². The molecule has 0 aliphatic carbocycles. The molecule has 0 aromatic heterocycles. The van der Waals surface area contributed by atoms with Gasteiger partial charge < -0.3 is 10.2 Å². The Morgan fingerprint density at radius 3 is 2.80 bits per heavy atom. The number of para-hydroxylation sites is 1. The predicted molar refractivity (Wildman–Crippen MR) is 74.9 cm³/mol. The number of sulfone groups is 1. The van der Waals surface area contributed by atoms with Crippen LogP contribution in [0.2, 0.25) is 0 Å². The summed E-state index contributed by atoms with van der Waals surface area (Å²) in [7, 11) is -1.60. The lowest BCUT2D eigenvalue weighted by atomic mass is 10.2. The van der Waals surface area contributed by atoms with E-state index in [9.17, 15) is 17.6 Å². The highest BCUT2D eigenvalue weighted by atomic mass is 32.2. The highest BCUT2D eigenvalue weighted by Crippen LogP contribution is 2.18. The Bertz CT molecular complexity index is 603. The van der Waals surface area contributed by atoms with E-state index in [0.717, 1.165) is 0 Å². The van der Waals surface area contributed by atoms with Crippen molar-refractivity contribution >= 4 is 21.4 Å². The molecule has 1 amide bonds. The van der Waals surface area contributed by atoms with Gasteiger partial charge in [-0.3, -0.25) is 4.79 Å². The Labute approximate surface area is 117 Å². The smallest absolute Gasteiger partial charge is 0.228 e. The number of halogens is 1. The summed E-state index contributed by atoms with van der Waals surface area (Å²) in [4.78, 5) is 13.3. The van der Waals surface area contributed by atoms with Gasteiger partial charge in [-0.15, -0.1) is 0 Å². The molecule has 1 aromatic rings. The fraction of sp³-hybridized carbons (Fsp3) is 0.462. The van der Waals surface area contributed by atoms with Crippen molar-refractivity contribution in [3.63, 3.8) is 0 Å². The number of benzene rings is 1. The molecule has 1 aliphatic rings. The van der Waals surface area contributed by atoms with Crippen molar-refractivity contribution in [3.05, 3.63) is 30.1 Å². The second kappa shape index (κ2) is 5.88. The minimum Gasteiger partial charge on any atom is -0.313 e. The number of carbonyl (C=O) groups is 1. The van der Waals surface area contributed by atoms with Gasteiger partial charge in [-0.05, 0) is 12.1 Å². The van der Waals surface area contributed by atoms with Gasteiger partial charge in [0.1, 0.15) is 5.82 Å². The Kier molecular flexibility index (Phi) is 4.39. The van der Waals surface area contributed by atoms with E-state index in [1.165, 1.54) is 24.1 Å². The summed E-state index contributed by atoms with van der Waals surface area (Å²) in [6.07, 6.45) is 0.0318. The summed E-state index contributed by atoms with van der Waals surface area (Å²) in [6.45, 7) is 0.351. The van der Waals surface area contributed by atoms with Crippen molar-refractivity contribution in [2.75, 3.05) is 30.0 Å². The third-order valence-electron chi connectivity index (χ3n) is 3.31. The minimum absolute atomic E-state index is 0.0318. The maximum absolute atomic E-state index is 13.6. The topological polar surface area (TPSA) is 66.5 Å². The van der Waals surface area contributed by atoms with Crippen LogP contribution in [0.3, 0.4) is 0 Å². The lowest BCUT2D eigenvalue weighted by Crippen LogP contribution is -2.47. The lowest BCUT2D eigenvalue weighted by molar-refractivity contribution is -0.118. The van der Waals surface area contributed by atoms with Crippen molar-refractivity contribution in [2.24, 2.45) is 0 Å². The number of hydrogen-bond acceptors (Lipinski definition) is 4. The molecule has 5 nitrogen and oxygen atoms in total. The molecular formula is C13H17FN2O3S. The number of hydrogen-bond donors (Lipinski definition) is 1. The van der Waals surface area contributed by atoms with Crippen molar-refractivity contribution in [3.8, 4) is 0 Å². The van der Waals surface area contributed by atoms with Gasteiger partial charge in [0.25, 0.3) is 0 Å². The van der Waals surface area contributed by atoms with Crippen LogP contribution < -0.4 is 10.2 Å². The molecule has 7 heteroatoms. The van der Waals surface area contributed by atoms with Crippen LogP contribution in [0.1, 0.15) is 6.42 Å². The predicted octanol–water partition coefficient (Wildman–Crippen LogP) is 0.565. The Balaban J connectivity index is 2.03. The summed E-state index contributed by atoms with van der Waals surface area (Å²) in [5, 5.41) is 3.01. The van der Waals surface area contributed by atoms with Crippen LogP contribution >= 0.6 is 0 Å². The molecule has 1 heterocycles. The average molecular weight is 300 g/mol. The van der Waals surface area contributed by atoms with E-state index in [-0.39, 0.29) is 29.5 Å². The fourth-order valence-corrected chi connectivity index (χ4v) is 3.65. The van der Waals surface area contributed by atoms with Crippen LogP contribution in [0.5, 0.6) is 0 Å². The number of carbonyl (C=O) groups excluding carboxylic acids is 1. The zero-order valence-electron chi connectivity index (χ0n) is 11.2. The first kappa shape index (κ1) is 14.9. The zero-order chi connectivity index (χ0) is 14.8.